The molecule has 0 amide bonds. The van der Waals surface area contributed by atoms with E-state index >= 15 is 0 Å². The second kappa shape index (κ2) is 9.50. The number of halogens is 1. The Hall–Kier alpha value is -5.37. The van der Waals surface area contributed by atoms with Crippen LogP contribution in [-0.2, 0) is 6.61 Å². The molecule has 0 atom stereocenters. The molecule has 7 aromatic rings. The van der Waals surface area contributed by atoms with E-state index in [9.17, 15) is 4.39 Å². The van der Waals surface area contributed by atoms with Crippen molar-refractivity contribution in [1.29, 1.82) is 0 Å². The molecule has 0 bridgehead atoms. The van der Waals surface area contributed by atoms with Crippen LogP contribution in [0.3, 0.4) is 0 Å². The lowest BCUT2D eigenvalue weighted by atomic mass is 10.1. The van der Waals surface area contributed by atoms with Crippen molar-refractivity contribution >= 4 is 21.9 Å². The number of H-pyrrole nitrogens is 2. The molecule has 0 saturated carbocycles. The normalized spacial score (nSPS) is 11.3. The third-order valence-corrected chi connectivity index (χ3v) is 6.61. The van der Waals surface area contributed by atoms with Crippen molar-refractivity contribution in [3.05, 3.63) is 115 Å². The number of rotatable bonds is 6. The maximum Gasteiger partial charge on any atom is 0.155 e. The number of aromatic nitrogens is 6. The van der Waals surface area contributed by atoms with Gasteiger partial charge in [-0.05, 0) is 42.0 Å². The number of aromatic amines is 2. The molecule has 0 fully saturated rings. The summed E-state index contributed by atoms with van der Waals surface area (Å²) < 4.78 is 19.9. The number of hydrogen-bond acceptors (Lipinski definition) is 5. The Morgan fingerprint density at radius 2 is 1.64 bits per heavy atom. The van der Waals surface area contributed by atoms with Crippen molar-refractivity contribution in [2.75, 3.05) is 0 Å². The highest BCUT2D eigenvalue weighted by Crippen LogP contribution is 2.34. The van der Waals surface area contributed by atoms with Crippen LogP contribution in [0.5, 0.6) is 5.75 Å². The maximum atomic E-state index is 13.9. The quantitative estimate of drug-likeness (QED) is 0.252. The minimum atomic E-state index is -0.303. The lowest BCUT2D eigenvalue weighted by molar-refractivity contribution is 0.305. The Morgan fingerprint density at radius 3 is 2.54 bits per heavy atom. The van der Waals surface area contributed by atoms with E-state index in [2.05, 4.69) is 30.1 Å². The molecule has 0 aliphatic rings. The molecule has 0 spiro atoms. The number of nitrogens with one attached hydrogen (secondary N) is 2. The van der Waals surface area contributed by atoms with E-state index in [1.807, 2.05) is 60.7 Å². The molecule has 7 rings (SSSR count). The highest BCUT2D eigenvalue weighted by Gasteiger charge is 2.16. The van der Waals surface area contributed by atoms with E-state index in [0.717, 1.165) is 44.4 Å². The molecular formula is C31H21FN6O. The van der Waals surface area contributed by atoms with Crippen LogP contribution in [0.25, 0.3) is 55.7 Å². The predicted octanol–water partition coefficient (Wildman–Crippen LogP) is 6.95. The predicted molar refractivity (Wildman–Crippen MR) is 148 cm³/mol. The van der Waals surface area contributed by atoms with Crippen LogP contribution in [0.4, 0.5) is 4.39 Å². The van der Waals surface area contributed by atoms with Crippen molar-refractivity contribution < 1.29 is 9.13 Å². The number of hydrogen-bond donors (Lipinski definition) is 2. The molecule has 2 aromatic carbocycles. The lowest BCUT2D eigenvalue weighted by Gasteiger charge is -2.08. The highest BCUT2D eigenvalue weighted by atomic mass is 19.1. The number of fused-ring (bicyclic) bond motifs is 2. The van der Waals surface area contributed by atoms with Crippen LogP contribution in [-0.4, -0.2) is 30.1 Å². The van der Waals surface area contributed by atoms with Crippen LogP contribution >= 0.6 is 0 Å². The van der Waals surface area contributed by atoms with Crippen LogP contribution in [0.2, 0.25) is 0 Å². The topological polar surface area (TPSA) is 92.4 Å². The summed E-state index contributed by atoms with van der Waals surface area (Å²) in [6.45, 7) is 0.460. The smallest absolute Gasteiger partial charge is 0.155 e. The molecule has 39 heavy (non-hydrogen) atoms. The summed E-state index contributed by atoms with van der Waals surface area (Å²) >= 11 is 0. The molecule has 0 aliphatic carbocycles. The number of pyridine rings is 3. The molecular weight excluding hydrogens is 491 g/mol. The summed E-state index contributed by atoms with van der Waals surface area (Å²) in [5.74, 6) is 0.375. The third kappa shape index (κ3) is 4.38. The minimum Gasteiger partial charge on any atom is -0.487 e. The Balaban J connectivity index is 1.24. The Morgan fingerprint density at radius 1 is 0.744 bits per heavy atom. The van der Waals surface area contributed by atoms with E-state index in [0.29, 0.717) is 29.3 Å². The molecule has 188 valence electrons. The molecule has 0 aliphatic heterocycles. The number of ether oxygens (including phenoxy) is 1. The fourth-order valence-corrected chi connectivity index (χ4v) is 4.71. The first-order valence-corrected chi connectivity index (χ1v) is 12.4. The van der Waals surface area contributed by atoms with Crippen molar-refractivity contribution in [2.45, 2.75) is 6.61 Å². The van der Waals surface area contributed by atoms with Crippen molar-refractivity contribution in [2.24, 2.45) is 0 Å². The first kappa shape index (κ1) is 22.8. The number of benzene rings is 2. The van der Waals surface area contributed by atoms with Gasteiger partial charge in [-0.3, -0.25) is 15.1 Å². The van der Waals surface area contributed by atoms with Gasteiger partial charge in [-0.25, -0.2) is 9.37 Å². The summed E-state index contributed by atoms with van der Waals surface area (Å²) in [4.78, 5) is 16.9. The van der Waals surface area contributed by atoms with Gasteiger partial charge >= 0.3 is 0 Å². The fraction of sp³-hybridized carbons (Fsp3) is 0.0323. The van der Waals surface area contributed by atoms with Crippen molar-refractivity contribution in [3.63, 3.8) is 0 Å². The third-order valence-electron chi connectivity index (χ3n) is 6.61. The van der Waals surface area contributed by atoms with Gasteiger partial charge in [0.1, 0.15) is 23.9 Å². The zero-order chi connectivity index (χ0) is 26.2. The van der Waals surface area contributed by atoms with Gasteiger partial charge < -0.3 is 9.72 Å². The molecule has 8 heteroatoms. The Bertz CT molecular complexity index is 1950. The minimum absolute atomic E-state index is 0.303. The summed E-state index contributed by atoms with van der Waals surface area (Å²) in [6.07, 6.45) is 7.00. The van der Waals surface area contributed by atoms with Crippen molar-refractivity contribution in [1.82, 2.24) is 30.1 Å². The van der Waals surface area contributed by atoms with Gasteiger partial charge in [-0.2, -0.15) is 5.10 Å². The fourth-order valence-electron chi connectivity index (χ4n) is 4.71. The zero-order valence-corrected chi connectivity index (χ0v) is 20.6. The molecule has 0 radical (unpaired) electrons. The van der Waals surface area contributed by atoms with E-state index in [1.54, 1.807) is 30.9 Å². The number of nitrogens with zero attached hydrogens (tertiary/aromatic N) is 4. The summed E-state index contributed by atoms with van der Waals surface area (Å²) in [6, 6.07) is 24.3. The highest BCUT2D eigenvalue weighted by molar-refractivity contribution is 6.00. The van der Waals surface area contributed by atoms with Crippen LogP contribution < -0.4 is 4.74 Å². The Kier molecular flexibility index (Phi) is 5.55. The molecule has 5 aromatic heterocycles. The largest absolute Gasteiger partial charge is 0.487 e. The van der Waals surface area contributed by atoms with Crippen molar-refractivity contribution in [3.8, 4) is 39.5 Å². The molecule has 0 unspecified atom stereocenters. The SMILES string of the molecule is Fc1cccc(-c2nccc3[nH]c(-c4n[nH]c5ncc(-c6cncc(OCc7ccccc7)c6)cc45)cc23)c1. The van der Waals surface area contributed by atoms with Crippen LogP contribution in [0, 0.1) is 5.82 Å². The first-order chi connectivity index (χ1) is 19.2. The zero-order valence-electron chi connectivity index (χ0n) is 20.6. The summed E-state index contributed by atoms with van der Waals surface area (Å²) in [7, 11) is 0. The van der Waals surface area contributed by atoms with Crippen LogP contribution in [0.15, 0.2) is 104 Å². The average molecular weight is 513 g/mol. The van der Waals surface area contributed by atoms with Gasteiger partial charge in [-0.15, -0.1) is 0 Å². The van der Waals surface area contributed by atoms with E-state index in [1.165, 1.54) is 12.1 Å². The summed E-state index contributed by atoms with van der Waals surface area (Å²) in [5.41, 5.74) is 7.35. The van der Waals surface area contributed by atoms with E-state index in [4.69, 9.17) is 4.74 Å². The summed E-state index contributed by atoms with van der Waals surface area (Å²) in [5, 5.41) is 9.32. The maximum absolute atomic E-state index is 13.9. The van der Waals surface area contributed by atoms with Gasteiger partial charge in [0.2, 0.25) is 0 Å². The second-order valence-electron chi connectivity index (χ2n) is 9.19. The monoisotopic (exact) mass is 512 g/mol. The lowest BCUT2D eigenvalue weighted by Crippen LogP contribution is -1.96. The average Bonchev–Trinajstić information content (AvgIpc) is 3.60. The van der Waals surface area contributed by atoms with Gasteiger partial charge in [0.15, 0.2) is 5.65 Å². The molecule has 5 heterocycles. The second-order valence-corrected chi connectivity index (χ2v) is 9.19. The van der Waals surface area contributed by atoms with Crippen LogP contribution in [0.1, 0.15) is 5.56 Å². The van der Waals surface area contributed by atoms with E-state index in [-0.39, 0.29) is 5.82 Å². The molecule has 2 N–H and O–H groups in total. The van der Waals surface area contributed by atoms with Gasteiger partial charge in [0.05, 0.1) is 17.6 Å². The Labute approximate surface area is 222 Å². The van der Waals surface area contributed by atoms with Gasteiger partial charge in [-0.1, -0.05) is 42.5 Å². The standard InChI is InChI=1S/C31H21FN6O/c32-23-8-4-7-20(11-23)29-25-14-28(36-27(25)9-10-34-29)30-26-13-22(16-35-31(26)38-37-30)21-12-24(17-33-15-21)39-18-19-5-2-1-3-6-19/h1-17,36H,18H2,(H,35,37,38). The molecule has 7 nitrogen and oxygen atoms in total. The van der Waals surface area contributed by atoms with Gasteiger partial charge in [0.25, 0.3) is 0 Å². The van der Waals surface area contributed by atoms with E-state index < -0.39 is 0 Å². The first-order valence-electron chi connectivity index (χ1n) is 12.4. The van der Waals surface area contributed by atoms with Gasteiger partial charge in [0, 0.05) is 51.6 Å². The molecule has 0 saturated heterocycles.